The third kappa shape index (κ3) is 4.49. The summed E-state index contributed by atoms with van der Waals surface area (Å²) in [5, 5.41) is 0. The lowest BCUT2D eigenvalue weighted by Crippen LogP contribution is -2.15. The Morgan fingerprint density at radius 1 is 1.29 bits per heavy atom. The lowest BCUT2D eigenvalue weighted by molar-refractivity contribution is 0.414. The molecular weight excluding hydrogens is 198 g/mol. The molecular formula is C11H18ClNO. The minimum atomic E-state index is 0. The third-order valence-corrected chi connectivity index (χ3v) is 2.05. The molecule has 0 saturated heterocycles. The molecule has 1 aromatic rings. The Balaban J connectivity index is 0.00000169. The van der Waals surface area contributed by atoms with Crippen molar-refractivity contribution in [2.24, 2.45) is 5.73 Å². The van der Waals surface area contributed by atoms with Crippen molar-refractivity contribution >= 4 is 12.4 Å². The van der Waals surface area contributed by atoms with Gasteiger partial charge in [0.2, 0.25) is 0 Å². The average Bonchev–Trinajstić information content (AvgIpc) is 2.15. The SMILES string of the molecule is COc1ccc(CCC(C)N)cc1.Cl. The summed E-state index contributed by atoms with van der Waals surface area (Å²) in [6, 6.07) is 8.41. The number of hydrogen-bond acceptors (Lipinski definition) is 2. The van der Waals surface area contributed by atoms with Crippen LogP contribution in [0.25, 0.3) is 0 Å². The number of nitrogens with two attached hydrogens (primary N) is 1. The average molecular weight is 216 g/mol. The van der Waals surface area contributed by atoms with Gasteiger partial charge in [-0.25, -0.2) is 0 Å². The molecule has 1 rings (SSSR count). The van der Waals surface area contributed by atoms with Gasteiger partial charge in [0, 0.05) is 6.04 Å². The van der Waals surface area contributed by atoms with Crippen LogP contribution in [-0.2, 0) is 6.42 Å². The number of rotatable bonds is 4. The van der Waals surface area contributed by atoms with Gasteiger partial charge in [-0.3, -0.25) is 0 Å². The van der Waals surface area contributed by atoms with Crippen molar-refractivity contribution in [2.45, 2.75) is 25.8 Å². The van der Waals surface area contributed by atoms with Gasteiger partial charge < -0.3 is 10.5 Å². The van der Waals surface area contributed by atoms with E-state index in [-0.39, 0.29) is 18.4 Å². The van der Waals surface area contributed by atoms with Gasteiger partial charge in [-0.15, -0.1) is 12.4 Å². The Morgan fingerprint density at radius 3 is 2.29 bits per heavy atom. The number of ether oxygens (including phenoxy) is 1. The number of aryl methyl sites for hydroxylation is 1. The normalized spacial score (nSPS) is 11.6. The number of hydrogen-bond donors (Lipinski definition) is 1. The molecule has 0 saturated carbocycles. The minimum Gasteiger partial charge on any atom is -0.497 e. The molecule has 0 aromatic heterocycles. The van der Waals surface area contributed by atoms with Crippen molar-refractivity contribution in [2.75, 3.05) is 7.11 Å². The zero-order valence-corrected chi connectivity index (χ0v) is 9.51. The van der Waals surface area contributed by atoms with Gasteiger partial charge in [0.05, 0.1) is 7.11 Å². The summed E-state index contributed by atoms with van der Waals surface area (Å²) in [7, 11) is 1.68. The van der Waals surface area contributed by atoms with Crippen molar-refractivity contribution in [3.8, 4) is 5.75 Å². The van der Waals surface area contributed by atoms with Gasteiger partial charge in [0.1, 0.15) is 5.75 Å². The predicted molar refractivity (Wildman–Crippen MR) is 62.2 cm³/mol. The Bertz CT molecular complexity index is 246. The molecule has 0 radical (unpaired) electrons. The summed E-state index contributed by atoms with van der Waals surface area (Å²) < 4.78 is 5.07. The molecule has 2 nitrogen and oxygen atoms in total. The van der Waals surface area contributed by atoms with Crippen LogP contribution in [0.3, 0.4) is 0 Å². The summed E-state index contributed by atoms with van der Waals surface area (Å²) in [4.78, 5) is 0. The number of halogens is 1. The summed E-state index contributed by atoms with van der Waals surface area (Å²) in [6.45, 7) is 2.03. The largest absolute Gasteiger partial charge is 0.497 e. The van der Waals surface area contributed by atoms with Crippen LogP contribution in [-0.4, -0.2) is 13.2 Å². The third-order valence-electron chi connectivity index (χ3n) is 2.05. The fourth-order valence-corrected chi connectivity index (χ4v) is 1.19. The zero-order valence-electron chi connectivity index (χ0n) is 8.69. The molecule has 3 heteroatoms. The van der Waals surface area contributed by atoms with Crippen molar-refractivity contribution in [3.05, 3.63) is 29.8 Å². The molecule has 0 spiro atoms. The van der Waals surface area contributed by atoms with E-state index in [1.54, 1.807) is 7.11 Å². The molecule has 80 valence electrons. The standard InChI is InChI=1S/C11H17NO.ClH/c1-9(12)3-4-10-5-7-11(13-2)8-6-10;/h5-9H,3-4,12H2,1-2H3;1H. The fourth-order valence-electron chi connectivity index (χ4n) is 1.19. The van der Waals surface area contributed by atoms with E-state index in [4.69, 9.17) is 10.5 Å². The molecule has 0 aliphatic rings. The van der Waals surface area contributed by atoms with E-state index in [1.807, 2.05) is 19.1 Å². The summed E-state index contributed by atoms with van der Waals surface area (Å²) in [5.41, 5.74) is 6.99. The first-order valence-electron chi connectivity index (χ1n) is 4.61. The van der Waals surface area contributed by atoms with E-state index in [9.17, 15) is 0 Å². The minimum absolute atomic E-state index is 0. The first-order valence-corrected chi connectivity index (χ1v) is 4.61. The van der Waals surface area contributed by atoms with Gasteiger partial charge >= 0.3 is 0 Å². The van der Waals surface area contributed by atoms with Crippen LogP contribution in [0.15, 0.2) is 24.3 Å². The van der Waals surface area contributed by atoms with E-state index in [0.29, 0.717) is 0 Å². The van der Waals surface area contributed by atoms with Crippen LogP contribution in [0.1, 0.15) is 18.9 Å². The molecule has 0 aliphatic heterocycles. The maximum Gasteiger partial charge on any atom is 0.118 e. The Hall–Kier alpha value is -0.730. The molecule has 0 fully saturated rings. The van der Waals surface area contributed by atoms with E-state index in [1.165, 1.54) is 5.56 Å². The monoisotopic (exact) mass is 215 g/mol. The van der Waals surface area contributed by atoms with Gasteiger partial charge in [-0.05, 0) is 37.5 Å². The Kier molecular flexibility index (Phi) is 6.34. The maximum atomic E-state index is 5.67. The van der Waals surface area contributed by atoms with Crippen LogP contribution in [0.5, 0.6) is 5.75 Å². The highest BCUT2D eigenvalue weighted by molar-refractivity contribution is 5.85. The van der Waals surface area contributed by atoms with E-state index in [0.717, 1.165) is 18.6 Å². The molecule has 0 heterocycles. The van der Waals surface area contributed by atoms with Crippen molar-refractivity contribution < 1.29 is 4.74 Å². The second kappa shape index (κ2) is 6.68. The Morgan fingerprint density at radius 2 is 1.86 bits per heavy atom. The highest BCUT2D eigenvalue weighted by Gasteiger charge is 1.97. The second-order valence-corrected chi connectivity index (χ2v) is 3.36. The van der Waals surface area contributed by atoms with Crippen LogP contribution < -0.4 is 10.5 Å². The molecule has 0 bridgehead atoms. The first-order chi connectivity index (χ1) is 6.22. The lowest BCUT2D eigenvalue weighted by atomic mass is 10.1. The highest BCUT2D eigenvalue weighted by Crippen LogP contribution is 2.12. The Labute approximate surface area is 91.9 Å². The predicted octanol–water partition coefficient (Wildman–Crippen LogP) is 2.40. The molecule has 0 aliphatic carbocycles. The fraction of sp³-hybridized carbons (Fsp3) is 0.455. The van der Waals surface area contributed by atoms with Gasteiger partial charge in [-0.2, -0.15) is 0 Å². The smallest absolute Gasteiger partial charge is 0.118 e. The number of benzene rings is 1. The molecule has 0 amide bonds. The van der Waals surface area contributed by atoms with E-state index >= 15 is 0 Å². The van der Waals surface area contributed by atoms with Crippen LogP contribution >= 0.6 is 12.4 Å². The summed E-state index contributed by atoms with van der Waals surface area (Å²) in [6.07, 6.45) is 2.08. The zero-order chi connectivity index (χ0) is 9.68. The molecule has 1 unspecified atom stereocenters. The van der Waals surface area contributed by atoms with Crippen LogP contribution in [0.2, 0.25) is 0 Å². The van der Waals surface area contributed by atoms with Crippen molar-refractivity contribution in [1.82, 2.24) is 0 Å². The molecule has 1 aromatic carbocycles. The molecule has 14 heavy (non-hydrogen) atoms. The van der Waals surface area contributed by atoms with Gasteiger partial charge in [0.25, 0.3) is 0 Å². The summed E-state index contributed by atoms with van der Waals surface area (Å²) in [5.74, 6) is 0.907. The maximum absolute atomic E-state index is 5.67. The molecule has 1 atom stereocenters. The van der Waals surface area contributed by atoms with Crippen LogP contribution in [0.4, 0.5) is 0 Å². The quantitative estimate of drug-likeness (QED) is 0.837. The lowest BCUT2D eigenvalue weighted by Gasteiger charge is -2.05. The topological polar surface area (TPSA) is 35.2 Å². The molecule has 2 N–H and O–H groups in total. The van der Waals surface area contributed by atoms with Gasteiger partial charge in [-0.1, -0.05) is 12.1 Å². The van der Waals surface area contributed by atoms with Crippen molar-refractivity contribution in [3.63, 3.8) is 0 Å². The van der Waals surface area contributed by atoms with E-state index in [2.05, 4.69) is 12.1 Å². The summed E-state index contributed by atoms with van der Waals surface area (Å²) >= 11 is 0. The first kappa shape index (κ1) is 13.3. The second-order valence-electron chi connectivity index (χ2n) is 3.36. The highest BCUT2D eigenvalue weighted by atomic mass is 35.5. The van der Waals surface area contributed by atoms with Crippen LogP contribution in [0, 0.1) is 0 Å². The van der Waals surface area contributed by atoms with Crippen molar-refractivity contribution in [1.29, 1.82) is 0 Å². The number of methoxy groups -OCH3 is 1. The van der Waals surface area contributed by atoms with Gasteiger partial charge in [0.15, 0.2) is 0 Å². The van der Waals surface area contributed by atoms with E-state index < -0.39 is 0 Å².